The van der Waals surface area contributed by atoms with E-state index in [1.54, 1.807) is 0 Å². The molecule has 5 heteroatoms. The number of aromatic nitrogens is 3. The van der Waals surface area contributed by atoms with E-state index < -0.39 is 0 Å². The van der Waals surface area contributed by atoms with Crippen LogP contribution in [-0.2, 0) is 0 Å². The van der Waals surface area contributed by atoms with Crippen LogP contribution in [-0.4, -0.2) is 15.0 Å². The van der Waals surface area contributed by atoms with Gasteiger partial charge in [0, 0.05) is 6.42 Å². The minimum atomic E-state index is 0.109. The second-order valence-electron chi connectivity index (χ2n) is 2.78. The Hall–Kier alpha value is -1.83. The van der Waals surface area contributed by atoms with Gasteiger partial charge in [0.1, 0.15) is 0 Å². The van der Waals surface area contributed by atoms with E-state index in [0.29, 0.717) is 5.82 Å². The summed E-state index contributed by atoms with van der Waals surface area (Å²) in [5, 5.41) is 0. The summed E-state index contributed by atoms with van der Waals surface area (Å²) in [6.45, 7) is 2.11. The molecule has 0 atom stereocenters. The number of anilines is 2. The van der Waals surface area contributed by atoms with Crippen molar-refractivity contribution in [3.8, 4) is 11.8 Å². The average Bonchev–Trinajstić information content (AvgIpc) is 2.11. The molecule has 14 heavy (non-hydrogen) atoms. The molecule has 0 fully saturated rings. The molecule has 0 amide bonds. The minimum Gasteiger partial charge on any atom is -0.368 e. The van der Waals surface area contributed by atoms with Crippen LogP contribution in [0.25, 0.3) is 0 Å². The zero-order valence-electron chi connectivity index (χ0n) is 8.12. The Bertz CT molecular complexity index is 343. The fourth-order valence-corrected chi connectivity index (χ4v) is 0.872. The summed E-state index contributed by atoms with van der Waals surface area (Å²) in [4.78, 5) is 11.3. The van der Waals surface area contributed by atoms with Gasteiger partial charge in [-0.05, 0) is 12.3 Å². The molecule has 0 bridgehead atoms. The first-order chi connectivity index (χ1) is 6.72. The van der Waals surface area contributed by atoms with Crippen molar-refractivity contribution in [3.05, 3.63) is 5.82 Å². The van der Waals surface area contributed by atoms with Gasteiger partial charge in [0.05, 0.1) is 0 Å². The van der Waals surface area contributed by atoms with E-state index in [1.807, 2.05) is 0 Å². The monoisotopic (exact) mass is 191 g/mol. The molecular weight excluding hydrogens is 178 g/mol. The van der Waals surface area contributed by atoms with Gasteiger partial charge in [-0.1, -0.05) is 19.3 Å². The maximum Gasteiger partial charge on any atom is 0.225 e. The maximum absolute atomic E-state index is 5.38. The fraction of sp³-hybridized carbons (Fsp3) is 0.444. The van der Waals surface area contributed by atoms with Crippen molar-refractivity contribution in [3.63, 3.8) is 0 Å². The SMILES string of the molecule is CCCCC#Cc1nc(N)nc(N)n1. The summed E-state index contributed by atoms with van der Waals surface area (Å²) >= 11 is 0. The summed E-state index contributed by atoms with van der Waals surface area (Å²) in [5.74, 6) is 6.29. The standard InChI is InChI=1S/C9H13N5/c1-2-3-4-5-6-7-12-8(10)14-9(11)13-7/h2-4H2,1H3,(H4,10,11,12,13,14). The van der Waals surface area contributed by atoms with E-state index in [2.05, 4.69) is 33.7 Å². The van der Waals surface area contributed by atoms with E-state index in [4.69, 9.17) is 11.5 Å². The highest BCUT2D eigenvalue weighted by Crippen LogP contribution is 1.97. The van der Waals surface area contributed by atoms with Crippen LogP contribution >= 0.6 is 0 Å². The van der Waals surface area contributed by atoms with E-state index in [-0.39, 0.29) is 11.9 Å². The summed E-state index contributed by atoms with van der Waals surface area (Å²) < 4.78 is 0. The molecular formula is C9H13N5. The molecule has 0 aromatic carbocycles. The molecule has 0 spiro atoms. The van der Waals surface area contributed by atoms with Gasteiger partial charge >= 0.3 is 0 Å². The Labute approximate surface area is 83.0 Å². The zero-order valence-corrected chi connectivity index (χ0v) is 8.12. The van der Waals surface area contributed by atoms with Crippen LogP contribution in [0.5, 0.6) is 0 Å². The fourth-order valence-electron chi connectivity index (χ4n) is 0.872. The molecule has 0 aliphatic heterocycles. The van der Waals surface area contributed by atoms with Crippen LogP contribution in [0.15, 0.2) is 0 Å². The molecule has 0 unspecified atom stereocenters. The molecule has 1 heterocycles. The molecule has 1 rings (SSSR count). The highest BCUT2D eigenvalue weighted by atomic mass is 15.1. The largest absolute Gasteiger partial charge is 0.368 e. The molecule has 4 N–H and O–H groups in total. The van der Waals surface area contributed by atoms with Crippen molar-refractivity contribution in [2.24, 2.45) is 0 Å². The third-order valence-electron chi connectivity index (χ3n) is 1.53. The van der Waals surface area contributed by atoms with Gasteiger partial charge in [-0.2, -0.15) is 15.0 Å². The van der Waals surface area contributed by atoms with E-state index >= 15 is 0 Å². The molecule has 0 saturated carbocycles. The normalized spacial score (nSPS) is 9.21. The quantitative estimate of drug-likeness (QED) is 0.527. The van der Waals surface area contributed by atoms with Gasteiger partial charge in [-0.15, -0.1) is 0 Å². The number of nitrogens with two attached hydrogens (primary N) is 2. The highest BCUT2D eigenvalue weighted by Gasteiger charge is 1.96. The van der Waals surface area contributed by atoms with Crippen molar-refractivity contribution in [2.45, 2.75) is 26.2 Å². The lowest BCUT2D eigenvalue weighted by Crippen LogP contribution is -2.04. The summed E-state index contributed by atoms with van der Waals surface area (Å²) in [5.41, 5.74) is 10.8. The van der Waals surface area contributed by atoms with E-state index in [9.17, 15) is 0 Å². The Morgan fingerprint density at radius 3 is 2.36 bits per heavy atom. The lowest BCUT2D eigenvalue weighted by molar-refractivity contribution is 0.828. The number of nitrogens with zero attached hydrogens (tertiary/aromatic N) is 3. The average molecular weight is 191 g/mol. The van der Waals surface area contributed by atoms with Crippen LogP contribution in [0.3, 0.4) is 0 Å². The predicted molar refractivity (Wildman–Crippen MR) is 55.1 cm³/mol. The van der Waals surface area contributed by atoms with Crippen molar-refractivity contribution in [1.29, 1.82) is 0 Å². The van der Waals surface area contributed by atoms with Crippen LogP contribution in [0.1, 0.15) is 32.0 Å². The first-order valence-electron chi connectivity index (χ1n) is 4.48. The Morgan fingerprint density at radius 2 is 1.79 bits per heavy atom. The maximum atomic E-state index is 5.38. The Kier molecular flexibility index (Phi) is 3.68. The first kappa shape index (κ1) is 10.3. The first-order valence-corrected chi connectivity index (χ1v) is 4.48. The zero-order chi connectivity index (χ0) is 10.4. The van der Waals surface area contributed by atoms with Gasteiger partial charge in [0.2, 0.25) is 17.7 Å². The lowest BCUT2D eigenvalue weighted by atomic mass is 10.2. The topological polar surface area (TPSA) is 90.7 Å². The molecule has 0 saturated heterocycles. The van der Waals surface area contributed by atoms with E-state index in [1.165, 1.54) is 0 Å². The second-order valence-corrected chi connectivity index (χ2v) is 2.78. The van der Waals surface area contributed by atoms with Crippen LogP contribution in [0.4, 0.5) is 11.9 Å². The third kappa shape index (κ3) is 3.27. The molecule has 1 aromatic rings. The summed E-state index contributed by atoms with van der Waals surface area (Å²) in [7, 11) is 0. The molecule has 1 aromatic heterocycles. The predicted octanol–water partition coefficient (Wildman–Crippen LogP) is 0.578. The third-order valence-corrected chi connectivity index (χ3v) is 1.53. The van der Waals surface area contributed by atoms with Gasteiger partial charge in [0.15, 0.2) is 0 Å². The number of nitrogen functional groups attached to an aromatic ring is 2. The lowest BCUT2D eigenvalue weighted by Gasteiger charge is -1.94. The van der Waals surface area contributed by atoms with Crippen molar-refractivity contribution in [2.75, 3.05) is 11.5 Å². The number of unbranched alkanes of at least 4 members (excludes halogenated alkanes) is 2. The van der Waals surface area contributed by atoms with Gasteiger partial charge < -0.3 is 11.5 Å². The minimum absolute atomic E-state index is 0.109. The highest BCUT2D eigenvalue weighted by molar-refractivity contribution is 5.32. The van der Waals surface area contributed by atoms with Crippen molar-refractivity contribution < 1.29 is 0 Å². The van der Waals surface area contributed by atoms with Crippen molar-refractivity contribution >= 4 is 11.9 Å². The van der Waals surface area contributed by atoms with E-state index in [0.717, 1.165) is 19.3 Å². The molecule has 5 nitrogen and oxygen atoms in total. The molecule has 0 aliphatic carbocycles. The summed E-state index contributed by atoms with van der Waals surface area (Å²) in [6.07, 6.45) is 3.03. The number of rotatable bonds is 2. The van der Waals surface area contributed by atoms with Crippen molar-refractivity contribution in [1.82, 2.24) is 15.0 Å². The second kappa shape index (κ2) is 5.02. The smallest absolute Gasteiger partial charge is 0.225 e. The number of hydrogen-bond donors (Lipinski definition) is 2. The molecule has 74 valence electrons. The van der Waals surface area contributed by atoms with Crippen LogP contribution in [0, 0.1) is 11.8 Å². The Balaban J connectivity index is 2.69. The Morgan fingerprint density at radius 1 is 1.14 bits per heavy atom. The van der Waals surface area contributed by atoms with Crippen LogP contribution in [0.2, 0.25) is 0 Å². The van der Waals surface area contributed by atoms with Crippen LogP contribution < -0.4 is 11.5 Å². The van der Waals surface area contributed by atoms with Gasteiger partial charge in [-0.3, -0.25) is 0 Å². The molecule has 0 aliphatic rings. The molecule has 0 radical (unpaired) electrons. The van der Waals surface area contributed by atoms with Gasteiger partial charge in [0.25, 0.3) is 0 Å². The van der Waals surface area contributed by atoms with Gasteiger partial charge in [-0.25, -0.2) is 0 Å². The number of hydrogen-bond acceptors (Lipinski definition) is 5. The summed E-state index contributed by atoms with van der Waals surface area (Å²) in [6, 6.07) is 0.